The summed E-state index contributed by atoms with van der Waals surface area (Å²) in [6.45, 7) is 7.30. The van der Waals surface area contributed by atoms with E-state index in [1.807, 2.05) is 23.7 Å². The standard InChI is InChI=1S/C21H22N6O2S/c1-11(2)24-17-8-19(26-14-5-6-16-18(7-14)30-10-23-16)22-9-15(17)21-27-20(12(3)29-21)25-13(4)28/h5-11H,1-4H3,(H,25,28)(H2,22,24,26). The third-order valence-electron chi connectivity index (χ3n) is 4.27. The Labute approximate surface area is 177 Å². The summed E-state index contributed by atoms with van der Waals surface area (Å²) in [6.07, 6.45) is 1.71. The van der Waals surface area contributed by atoms with Crippen LogP contribution in [0.25, 0.3) is 21.7 Å². The predicted molar refractivity (Wildman–Crippen MR) is 120 cm³/mol. The van der Waals surface area contributed by atoms with Gasteiger partial charge in [0.15, 0.2) is 5.82 Å². The van der Waals surface area contributed by atoms with Gasteiger partial charge in [0.05, 0.1) is 27.0 Å². The van der Waals surface area contributed by atoms with Crippen LogP contribution < -0.4 is 16.0 Å². The highest BCUT2D eigenvalue weighted by molar-refractivity contribution is 7.16. The van der Waals surface area contributed by atoms with Gasteiger partial charge in [0.25, 0.3) is 0 Å². The molecule has 4 rings (SSSR count). The number of thiazole rings is 1. The molecule has 0 saturated heterocycles. The van der Waals surface area contributed by atoms with Crippen molar-refractivity contribution in [3.63, 3.8) is 0 Å². The van der Waals surface area contributed by atoms with E-state index >= 15 is 0 Å². The topological polar surface area (TPSA) is 105 Å². The molecule has 0 aliphatic carbocycles. The van der Waals surface area contributed by atoms with Crippen LogP contribution in [0.3, 0.4) is 0 Å². The Morgan fingerprint density at radius 2 is 2.03 bits per heavy atom. The van der Waals surface area contributed by atoms with E-state index in [9.17, 15) is 4.79 Å². The number of nitrogens with one attached hydrogen (secondary N) is 3. The second-order valence-corrected chi connectivity index (χ2v) is 8.07. The summed E-state index contributed by atoms with van der Waals surface area (Å²) in [4.78, 5) is 24.6. The van der Waals surface area contributed by atoms with Crippen LogP contribution >= 0.6 is 11.3 Å². The third kappa shape index (κ3) is 4.25. The first kappa shape index (κ1) is 19.8. The van der Waals surface area contributed by atoms with Crippen molar-refractivity contribution in [3.05, 3.63) is 41.7 Å². The quantitative estimate of drug-likeness (QED) is 0.393. The second kappa shape index (κ2) is 8.11. The monoisotopic (exact) mass is 422 g/mol. The SMILES string of the molecule is CC(=O)Nc1nc(-c2cnc(Nc3ccc4ncsc4c3)cc2NC(C)C)oc1C. The second-order valence-electron chi connectivity index (χ2n) is 7.18. The molecule has 0 aliphatic heterocycles. The molecule has 0 bridgehead atoms. The van der Waals surface area contributed by atoms with E-state index < -0.39 is 0 Å². The van der Waals surface area contributed by atoms with Gasteiger partial charge in [-0.05, 0) is 39.0 Å². The number of aromatic nitrogens is 3. The van der Waals surface area contributed by atoms with Gasteiger partial charge in [0.1, 0.15) is 11.6 Å². The number of hydrogen-bond acceptors (Lipinski definition) is 8. The highest BCUT2D eigenvalue weighted by atomic mass is 32.1. The van der Waals surface area contributed by atoms with E-state index in [0.717, 1.165) is 21.6 Å². The number of benzene rings is 1. The van der Waals surface area contributed by atoms with E-state index in [4.69, 9.17) is 4.42 Å². The van der Waals surface area contributed by atoms with Crippen LogP contribution in [-0.4, -0.2) is 26.9 Å². The number of carbonyl (C=O) groups is 1. The van der Waals surface area contributed by atoms with Crippen molar-refractivity contribution in [2.45, 2.75) is 33.7 Å². The van der Waals surface area contributed by atoms with Crippen molar-refractivity contribution in [2.75, 3.05) is 16.0 Å². The van der Waals surface area contributed by atoms with Crippen molar-refractivity contribution in [2.24, 2.45) is 0 Å². The maximum absolute atomic E-state index is 11.4. The van der Waals surface area contributed by atoms with E-state index in [2.05, 4.69) is 50.8 Å². The number of anilines is 4. The number of hydrogen-bond donors (Lipinski definition) is 3. The van der Waals surface area contributed by atoms with Gasteiger partial charge in [-0.3, -0.25) is 4.79 Å². The van der Waals surface area contributed by atoms with E-state index in [1.54, 1.807) is 24.5 Å². The Morgan fingerprint density at radius 1 is 1.20 bits per heavy atom. The van der Waals surface area contributed by atoms with Crippen molar-refractivity contribution >= 4 is 50.5 Å². The number of aryl methyl sites for hydroxylation is 1. The smallest absolute Gasteiger partial charge is 0.232 e. The first-order valence-electron chi connectivity index (χ1n) is 9.51. The Morgan fingerprint density at radius 3 is 2.80 bits per heavy atom. The van der Waals surface area contributed by atoms with Crippen molar-refractivity contribution < 1.29 is 9.21 Å². The summed E-state index contributed by atoms with van der Waals surface area (Å²) in [7, 11) is 0. The summed E-state index contributed by atoms with van der Waals surface area (Å²) in [5.74, 6) is 1.83. The number of nitrogens with zero attached hydrogens (tertiary/aromatic N) is 3. The van der Waals surface area contributed by atoms with Crippen molar-refractivity contribution in [1.82, 2.24) is 15.0 Å². The fourth-order valence-corrected chi connectivity index (χ4v) is 3.72. The minimum absolute atomic E-state index is 0.193. The lowest BCUT2D eigenvalue weighted by Crippen LogP contribution is -2.11. The van der Waals surface area contributed by atoms with Gasteiger partial charge in [-0.25, -0.2) is 9.97 Å². The number of oxazole rings is 1. The molecule has 0 atom stereocenters. The fourth-order valence-electron chi connectivity index (χ4n) is 3.00. The van der Waals surface area contributed by atoms with Gasteiger partial charge in [-0.2, -0.15) is 4.98 Å². The molecule has 1 aromatic carbocycles. The number of rotatable bonds is 6. The average Bonchev–Trinajstić information content (AvgIpc) is 3.27. The molecule has 0 aliphatic rings. The zero-order valence-electron chi connectivity index (χ0n) is 17.1. The summed E-state index contributed by atoms with van der Waals surface area (Å²) >= 11 is 1.60. The van der Waals surface area contributed by atoms with Crippen LogP contribution in [0.4, 0.5) is 23.0 Å². The Balaban J connectivity index is 1.67. The molecule has 0 fully saturated rings. The van der Waals surface area contributed by atoms with Crippen LogP contribution in [0.1, 0.15) is 26.5 Å². The highest BCUT2D eigenvalue weighted by Crippen LogP contribution is 2.33. The lowest BCUT2D eigenvalue weighted by Gasteiger charge is -2.15. The third-order valence-corrected chi connectivity index (χ3v) is 5.06. The molecule has 1 amide bonds. The normalized spacial score (nSPS) is 11.1. The number of fused-ring (bicyclic) bond motifs is 1. The Hall–Kier alpha value is -3.46. The van der Waals surface area contributed by atoms with Gasteiger partial charge in [0, 0.05) is 30.9 Å². The van der Waals surface area contributed by atoms with Crippen LogP contribution in [0.2, 0.25) is 0 Å². The lowest BCUT2D eigenvalue weighted by molar-refractivity contribution is -0.114. The van der Waals surface area contributed by atoms with E-state index in [-0.39, 0.29) is 11.9 Å². The molecule has 3 N–H and O–H groups in total. The molecular formula is C21H22N6O2S. The van der Waals surface area contributed by atoms with E-state index in [0.29, 0.717) is 28.9 Å². The molecule has 9 heteroatoms. The molecule has 4 aromatic rings. The lowest BCUT2D eigenvalue weighted by atomic mass is 10.2. The van der Waals surface area contributed by atoms with Gasteiger partial charge < -0.3 is 20.4 Å². The summed E-state index contributed by atoms with van der Waals surface area (Å²) in [6, 6.07) is 8.12. The number of amides is 1. The molecule has 3 heterocycles. The largest absolute Gasteiger partial charge is 0.439 e. The number of carbonyl (C=O) groups excluding carboxylic acids is 1. The van der Waals surface area contributed by atoms with Crippen LogP contribution in [0.15, 0.2) is 40.4 Å². The first-order valence-corrected chi connectivity index (χ1v) is 10.4. The first-order chi connectivity index (χ1) is 14.4. The van der Waals surface area contributed by atoms with Crippen molar-refractivity contribution in [3.8, 4) is 11.5 Å². The van der Waals surface area contributed by atoms with Crippen LogP contribution in [0.5, 0.6) is 0 Å². The number of pyridine rings is 1. The Bertz CT molecular complexity index is 1210. The predicted octanol–water partition coefficient (Wildman–Crippen LogP) is 5.18. The zero-order chi connectivity index (χ0) is 21.3. The summed E-state index contributed by atoms with van der Waals surface area (Å²) in [5.41, 5.74) is 5.29. The molecule has 154 valence electrons. The van der Waals surface area contributed by atoms with E-state index in [1.165, 1.54) is 6.92 Å². The molecule has 0 unspecified atom stereocenters. The summed E-state index contributed by atoms with van der Waals surface area (Å²) in [5, 5.41) is 9.44. The minimum Gasteiger partial charge on any atom is -0.439 e. The molecule has 0 spiro atoms. The Kier molecular flexibility index (Phi) is 5.37. The summed E-state index contributed by atoms with van der Waals surface area (Å²) < 4.78 is 6.90. The zero-order valence-corrected chi connectivity index (χ0v) is 17.9. The molecular weight excluding hydrogens is 400 g/mol. The molecule has 3 aromatic heterocycles. The molecule has 8 nitrogen and oxygen atoms in total. The maximum atomic E-state index is 11.4. The van der Waals surface area contributed by atoms with Crippen LogP contribution in [-0.2, 0) is 4.79 Å². The minimum atomic E-state index is -0.200. The van der Waals surface area contributed by atoms with Crippen molar-refractivity contribution in [1.29, 1.82) is 0 Å². The van der Waals surface area contributed by atoms with Gasteiger partial charge >= 0.3 is 0 Å². The maximum Gasteiger partial charge on any atom is 0.232 e. The average molecular weight is 423 g/mol. The van der Waals surface area contributed by atoms with Gasteiger partial charge in [-0.15, -0.1) is 11.3 Å². The van der Waals surface area contributed by atoms with Gasteiger partial charge in [-0.1, -0.05) is 0 Å². The van der Waals surface area contributed by atoms with Gasteiger partial charge in [0.2, 0.25) is 11.8 Å². The van der Waals surface area contributed by atoms with Crippen LogP contribution in [0, 0.1) is 6.92 Å². The highest BCUT2D eigenvalue weighted by Gasteiger charge is 2.17. The molecule has 30 heavy (non-hydrogen) atoms. The molecule has 0 saturated carbocycles. The molecule has 0 radical (unpaired) electrons. The fraction of sp³-hybridized carbons (Fsp3) is 0.238.